The number of halogens is 1. The fourth-order valence-corrected chi connectivity index (χ4v) is 2.03. The average molecular weight is 307 g/mol. The van der Waals surface area contributed by atoms with E-state index in [4.69, 9.17) is 21.1 Å². The second-order valence-corrected chi connectivity index (χ2v) is 4.66. The number of amides is 1. The summed E-state index contributed by atoms with van der Waals surface area (Å²) in [5, 5.41) is 3.09. The number of anilines is 1. The maximum absolute atomic E-state index is 12.1. The van der Waals surface area contributed by atoms with Crippen LogP contribution < -0.4 is 14.8 Å². The van der Waals surface area contributed by atoms with Gasteiger partial charge < -0.3 is 14.8 Å². The molecule has 0 aliphatic carbocycles. The van der Waals surface area contributed by atoms with Gasteiger partial charge >= 0.3 is 0 Å². The Morgan fingerprint density at radius 3 is 2.71 bits per heavy atom. The van der Waals surface area contributed by atoms with Crippen molar-refractivity contribution in [1.82, 2.24) is 4.98 Å². The molecule has 6 heteroatoms. The van der Waals surface area contributed by atoms with Gasteiger partial charge in [0.05, 0.1) is 20.6 Å². The predicted octanol–water partition coefficient (Wildman–Crippen LogP) is 2.93. The van der Waals surface area contributed by atoms with E-state index >= 15 is 0 Å². The van der Waals surface area contributed by atoms with Crippen LogP contribution in [0.4, 0.5) is 5.69 Å². The first-order chi connectivity index (χ1) is 10.1. The van der Waals surface area contributed by atoms with E-state index in [1.54, 1.807) is 44.6 Å². The Kier molecular flexibility index (Phi) is 5.00. The Morgan fingerprint density at radius 1 is 1.24 bits per heavy atom. The Bertz CT molecular complexity index is 647. The molecule has 2 aromatic rings. The van der Waals surface area contributed by atoms with Crippen molar-refractivity contribution in [2.45, 2.75) is 6.42 Å². The van der Waals surface area contributed by atoms with Crippen molar-refractivity contribution in [1.29, 1.82) is 0 Å². The number of benzene rings is 1. The molecule has 0 bridgehead atoms. The van der Waals surface area contributed by atoms with Crippen LogP contribution in [0.1, 0.15) is 5.56 Å². The van der Waals surface area contributed by atoms with Gasteiger partial charge in [0.1, 0.15) is 16.7 Å². The minimum absolute atomic E-state index is 0.166. The average Bonchev–Trinajstić information content (AvgIpc) is 2.47. The molecule has 1 aromatic carbocycles. The number of pyridine rings is 1. The highest BCUT2D eigenvalue weighted by atomic mass is 35.5. The smallest absolute Gasteiger partial charge is 0.228 e. The molecular weight excluding hydrogens is 292 g/mol. The lowest BCUT2D eigenvalue weighted by Crippen LogP contribution is -2.15. The van der Waals surface area contributed by atoms with Gasteiger partial charge in [0.2, 0.25) is 5.91 Å². The molecule has 5 nitrogen and oxygen atoms in total. The molecule has 21 heavy (non-hydrogen) atoms. The molecule has 0 saturated heterocycles. The van der Waals surface area contributed by atoms with Gasteiger partial charge in [-0.3, -0.25) is 4.79 Å². The maximum Gasteiger partial charge on any atom is 0.228 e. The van der Waals surface area contributed by atoms with Crippen molar-refractivity contribution >= 4 is 23.2 Å². The summed E-state index contributed by atoms with van der Waals surface area (Å²) in [5.41, 5.74) is 1.38. The lowest BCUT2D eigenvalue weighted by atomic mass is 10.1. The normalized spacial score (nSPS) is 10.0. The highest BCUT2D eigenvalue weighted by molar-refractivity contribution is 6.29. The number of nitrogens with zero attached hydrogens (tertiary/aromatic N) is 1. The van der Waals surface area contributed by atoms with E-state index in [1.807, 2.05) is 0 Å². The number of hydrogen-bond acceptors (Lipinski definition) is 4. The molecule has 0 fully saturated rings. The van der Waals surface area contributed by atoms with E-state index in [1.165, 1.54) is 6.20 Å². The molecule has 1 heterocycles. The number of rotatable bonds is 5. The zero-order chi connectivity index (χ0) is 15.2. The second-order valence-electron chi connectivity index (χ2n) is 4.27. The standard InChI is InChI=1S/C15H15ClN2O3/c1-20-12-4-3-10(13(9-12)21-2)7-15(19)18-11-5-6-17-14(16)8-11/h3-6,8-9H,7H2,1-2H3,(H,17,18,19). The van der Waals surface area contributed by atoms with Gasteiger partial charge in [0.25, 0.3) is 0 Å². The van der Waals surface area contributed by atoms with E-state index in [-0.39, 0.29) is 12.3 Å². The van der Waals surface area contributed by atoms with Gasteiger partial charge in [-0.15, -0.1) is 0 Å². The summed E-state index contributed by atoms with van der Waals surface area (Å²) in [6.07, 6.45) is 1.72. The van der Waals surface area contributed by atoms with Crippen molar-refractivity contribution in [3.8, 4) is 11.5 Å². The third kappa shape index (κ3) is 4.10. The molecule has 110 valence electrons. The minimum Gasteiger partial charge on any atom is -0.497 e. The highest BCUT2D eigenvalue weighted by Crippen LogP contribution is 2.25. The first-order valence-corrected chi connectivity index (χ1v) is 6.62. The number of aromatic nitrogens is 1. The van der Waals surface area contributed by atoms with Gasteiger partial charge in [-0.05, 0) is 18.2 Å². The summed E-state index contributed by atoms with van der Waals surface area (Å²) < 4.78 is 10.4. The van der Waals surface area contributed by atoms with Crippen LogP contribution in [0.25, 0.3) is 0 Å². The SMILES string of the molecule is COc1ccc(CC(=O)Nc2ccnc(Cl)c2)c(OC)c1. The van der Waals surface area contributed by atoms with Gasteiger partial charge in [0, 0.05) is 23.5 Å². The molecule has 1 amide bonds. The number of ether oxygens (including phenoxy) is 2. The zero-order valence-electron chi connectivity index (χ0n) is 11.7. The number of carbonyl (C=O) groups is 1. The molecule has 1 N–H and O–H groups in total. The molecule has 2 rings (SSSR count). The van der Waals surface area contributed by atoms with Crippen LogP contribution in [0.15, 0.2) is 36.5 Å². The van der Waals surface area contributed by atoms with Crippen molar-refractivity contribution in [2.24, 2.45) is 0 Å². The molecule has 0 saturated carbocycles. The van der Waals surface area contributed by atoms with Gasteiger partial charge in [-0.1, -0.05) is 17.7 Å². The third-order valence-corrected chi connectivity index (χ3v) is 3.06. The molecule has 0 aliphatic rings. The maximum atomic E-state index is 12.1. The molecule has 0 radical (unpaired) electrons. The topological polar surface area (TPSA) is 60.5 Å². The predicted molar refractivity (Wildman–Crippen MR) is 81.1 cm³/mol. The Balaban J connectivity index is 2.09. The van der Waals surface area contributed by atoms with Crippen molar-refractivity contribution < 1.29 is 14.3 Å². The summed E-state index contributed by atoms with van der Waals surface area (Å²) in [7, 11) is 3.13. The number of nitrogens with one attached hydrogen (secondary N) is 1. The van der Waals surface area contributed by atoms with Crippen molar-refractivity contribution in [2.75, 3.05) is 19.5 Å². The number of hydrogen-bond donors (Lipinski definition) is 1. The van der Waals surface area contributed by atoms with Crippen molar-refractivity contribution in [3.63, 3.8) is 0 Å². The van der Waals surface area contributed by atoms with Crippen LogP contribution >= 0.6 is 11.6 Å². The van der Waals surface area contributed by atoms with Gasteiger partial charge in [-0.25, -0.2) is 4.98 Å². The summed E-state index contributed by atoms with van der Waals surface area (Å²) in [6.45, 7) is 0. The fraction of sp³-hybridized carbons (Fsp3) is 0.200. The summed E-state index contributed by atoms with van der Waals surface area (Å²) >= 11 is 5.77. The van der Waals surface area contributed by atoms with E-state index in [0.29, 0.717) is 22.3 Å². The van der Waals surface area contributed by atoms with Crippen LogP contribution in [0.2, 0.25) is 5.15 Å². The summed E-state index contributed by atoms with van der Waals surface area (Å²) in [5.74, 6) is 1.12. The fourth-order valence-electron chi connectivity index (χ4n) is 1.86. The van der Waals surface area contributed by atoms with Crippen LogP contribution in [-0.2, 0) is 11.2 Å². The first kappa shape index (κ1) is 15.1. The summed E-state index contributed by atoms with van der Waals surface area (Å²) in [4.78, 5) is 15.9. The number of carbonyl (C=O) groups excluding carboxylic acids is 1. The van der Waals surface area contributed by atoms with Crippen LogP contribution in [-0.4, -0.2) is 25.1 Å². The Morgan fingerprint density at radius 2 is 2.05 bits per heavy atom. The van der Waals surface area contributed by atoms with Crippen LogP contribution in [0, 0.1) is 0 Å². The molecule has 0 aliphatic heterocycles. The number of methoxy groups -OCH3 is 2. The van der Waals surface area contributed by atoms with Crippen molar-refractivity contribution in [3.05, 3.63) is 47.2 Å². The van der Waals surface area contributed by atoms with Crippen LogP contribution in [0.5, 0.6) is 11.5 Å². The Hall–Kier alpha value is -2.27. The second kappa shape index (κ2) is 6.95. The molecule has 0 atom stereocenters. The van der Waals surface area contributed by atoms with E-state index in [9.17, 15) is 4.79 Å². The molecular formula is C15H15ClN2O3. The molecule has 1 aromatic heterocycles. The van der Waals surface area contributed by atoms with Crippen LogP contribution in [0.3, 0.4) is 0 Å². The van der Waals surface area contributed by atoms with Gasteiger partial charge in [-0.2, -0.15) is 0 Å². The third-order valence-electron chi connectivity index (χ3n) is 2.86. The lowest BCUT2D eigenvalue weighted by molar-refractivity contribution is -0.115. The molecule has 0 spiro atoms. The van der Waals surface area contributed by atoms with Gasteiger partial charge in [0.15, 0.2) is 0 Å². The minimum atomic E-state index is -0.166. The quantitative estimate of drug-likeness (QED) is 0.863. The van der Waals surface area contributed by atoms with E-state index in [2.05, 4.69) is 10.3 Å². The largest absolute Gasteiger partial charge is 0.497 e. The summed E-state index contributed by atoms with van der Waals surface area (Å²) in [6, 6.07) is 8.59. The highest BCUT2D eigenvalue weighted by Gasteiger charge is 2.10. The van der Waals surface area contributed by atoms with E-state index < -0.39 is 0 Å². The zero-order valence-corrected chi connectivity index (χ0v) is 12.5. The monoisotopic (exact) mass is 306 g/mol. The Labute approximate surface area is 127 Å². The first-order valence-electron chi connectivity index (χ1n) is 6.24. The lowest BCUT2D eigenvalue weighted by Gasteiger charge is -2.10. The van der Waals surface area contributed by atoms with E-state index in [0.717, 1.165) is 5.56 Å². The molecule has 0 unspecified atom stereocenters.